The lowest BCUT2D eigenvalue weighted by atomic mass is 10.0. The van der Waals surface area contributed by atoms with Crippen LogP contribution in [0.15, 0.2) is 30.4 Å². The number of carbonyl (C=O) groups excluding carboxylic acids is 5. The van der Waals surface area contributed by atoms with Gasteiger partial charge < -0.3 is 106 Å². The fraction of sp³-hybridized carbons (Fsp3) is 0.790. The molecule has 1 aliphatic rings. The molecule has 0 spiro atoms. The Bertz CT molecular complexity index is 1950. The van der Waals surface area contributed by atoms with Crippen molar-refractivity contribution in [2.45, 2.75) is 71.6 Å². The number of nitrogens with one attached hydrogen (secondary N) is 4. The molecule has 0 saturated heterocycles. The van der Waals surface area contributed by atoms with Gasteiger partial charge in [0.15, 0.2) is 0 Å². The second-order valence-electron chi connectivity index (χ2n) is 20.8. The normalized spacial score (nSPS) is 13.5. The highest BCUT2D eigenvalue weighted by molar-refractivity contribution is 6.14. The van der Waals surface area contributed by atoms with E-state index in [9.17, 15) is 29.1 Å². The number of methoxy groups -OCH3 is 2. The SMILES string of the molecule is CNC(O)OCc1ccc(NC(=O)[C@H](C)NC(=O)[C@@H](NC(=O)CN2C(=O)C=CC2=O)C(C)C)cc1CCCN(CCCOCCOCCOCCOCCOCCOCCOCCOC)CCCOCCOCCOCCOCCOCCOCCOCCOC. The van der Waals surface area contributed by atoms with Gasteiger partial charge in [0, 0.05) is 58.4 Å². The fourth-order valence-electron chi connectivity index (χ4n) is 8.17. The molecule has 0 fully saturated rings. The van der Waals surface area contributed by atoms with Crippen LogP contribution in [0, 0.1) is 5.92 Å². The van der Waals surface area contributed by atoms with E-state index in [0.29, 0.717) is 210 Å². The molecular weight excluding hydrogens is 1200 g/mol. The Hall–Kier alpha value is -4.29. The summed E-state index contributed by atoms with van der Waals surface area (Å²) in [6.07, 6.45) is 3.87. The Labute approximate surface area is 538 Å². The van der Waals surface area contributed by atoms with Crippen molar-refractivity contribution in [2.75, 3.05) is 251 Å². The van der Waals surface area contributed by atoms with Gasteiger partial charge in [-0.1, -0.05) is 19.9 Å². The number of anilines is 1. The summed E-state index contributed by atoms with van der Waals surface area (Å²) in [6.45, 7) is 21.4. The summed E-state index contributed by atoms with van der Waals surface area (Å²) in [4.78, 5) is 66.9. The average molecular weight is 1310 g/mol. The summed E-state index contributed by atoms with van der Waals surface area (Å²) in [7, 11) is 4.84. The van der Waals surface area contributed by atoms with Crippen molar-refractivity contribution in [1.29, 1.82) is 0 Å². The predicted molar refractivity (Wildman–Crippen MR) is 334 cm³/mol. The molecule has 5 N–H and O–H groups in total. The Morgan fingerprint density at radius 1 is 0.484 bits per heavy atom. The summed E-state index contributed by atoms with van der Waals surface area (Å²) in [5, 5.41) is 21.0. The van der Waals surface area contributed by atoms with E-state index in [1.165, 1.54) is 6.92 Å². The molecule has 29 heteroatoms. The number of carbonyl (C=O) groups is 5. The first-order valence-corrected chi connectivity index (χ1v) is 31.7. The Balaban J connectivity index is 1.82. The van der Waals surface area contributed by atoms with E-state index >= 15 is 0 Å². The number of nitrogens with zero attached hydrogens (tertiary/aromatic N) is 2. The first kappa shape index (κ1) is 82.8. The number of imide groups is 1. The molecule has 0 bridgehead atoms. The maximum atomic E-state index is 13.5. The molecule has 1 aromatic carbocycles. The standard InChI is InChI=1S/C62H110N6O23/c1-51(2)59(66-56(69)49-68-57(70)13-14-58(68)71)61(73)64-52(3)60(72)65-55-12-11-54(50-91-62(74)63-4)53(48-55)10-7-15-67(16-8-18-77-24-26-81-32-34-85-40-42-89-46-44-87-38-36-83-30-28-79-22-20-75-5)17-9-19-78-25-27-82-33-35-86-41-43-90-47-45-88-39-37-84-31-29-80-23-21-76-6/h11-14,48,51-52,59,62-63,74H,7-10,15-47,49-50H2,1-6H3,(H,64,73)(H,65,72)(H,66,69)/t52-,59-,62?/m0/s1. The lowest BCUT2D eigenvalue weighted by Crippen LogP contribution is -2.55. The molecule has 1 aromatic rings. The Kier molecular flexibility index (Phi) is 53.0. The number of benzene rings is 1. The quantitative estimate of drug-likeness (QED) is 0.0341. The van der Waals surface area contributed by atoms with Crippen LogP contribution in [0.2, 0.25) is 0 Å². The van der Waals surface area contributed by atoms with Crippen LogP contribution < -0.4 is 21.3 Å². The number of rotatable bonds is 66. The highest BCUT2D eigenvalue weighted by Crippen LogP contribution is 2.20. The number of hydrogen-bond donors (Lipinski definition) is 5. The van der Waals surface area contributed by atoms with Gasteiger partial charge in [-0.15, -0.1) is 0 Å². The lowest BCUT2D eigenvalue weighted by Gasteiger charge is -2.25. The van der Waals surface area contributed by atoms with Crippen LogP contribution in [0.1, 0.15) is 51.2 Å². The monoisotopic (exact) mass is 1310 g/mol. The maximum absolute atomic E-state index is 13.5. The largest absolute Gasteiger partial charge is 0.382 e. The number of hydrogen-bond acceptors (Lipinski definition) is 25. The third kappa shape index (κ3) is 45.6. The first-order valence-electron chi connectivity index (χ1n) is 31.7. The smallest absolute Gasteiger partial charge is 0.254 e. The van der Waals surface area contributed by atoms with Crippen LogP contribution in [-0.4, -0.2) is 309 Å². The molecule has 0 radical (unpaired) electrons. The number of amides is 5. The van der Waals surface area contributed by atoms with Crippen LogP contribution in [-0.2, 0) is 118 Å². The second-order valence-corrected chi connectivity index (χ2v) is 20.8. The Morgan fingerprint density at radius 3 is 1.21 bits per heavy atom. The molecule has 0 saturated carbocycles. The molecule has 91 heavy (non-hydrogen) atoms. The van der Waals surface area contributed by atoms with Gasteiger partial charge in [0.2, 0.25) is 24.1 Å². The van der Waals surface area contributed by atoms with E-state index in [0.717, 1.165) is 67.1 Å². The van der Waals surface area contributed by atoms with Gasteiger partial charge >= 0.3 is 0 Å². The van der Waals surface area contributed by atoms with Gasteiger partial charge in [0.25, 0.3) is 11.8 Å². The van der Waals surface area contributed by atoms with Crippen molar-refractivity contribution in [3.63, 3.8) is 0 Å². The highest BCUT2D eigenvalue weighted by atomic mass is 16.6. The van der Waals surface area contributed by atoms with Crippen LogP contribution in [0.3, 0.4) is 0 Å². The maximum Gasteiger partial charge on any atom is 0.254 e. The molecule has 0 aromatic heterocycles. The molecule has 1 aliphatic heterocycles. The first-order chi connectivity index (χ1) is 44.4. The van der Waals surface area contributed by atoms with Crippen molar-refractivity contribution in [3.05, 3.63) is 41.5 Å². The van der Waals surface area contributed by atoms with E-state index in [1.54, 1.807) is 41.2 Å². The average Bonchev–Trinajstić information content (AvgIpc) is 2.39. The topological polar surface area (TPSA) is 317 Å². The van der Waals surface area contributed by atoms with E-state index in [4.69, 9.17) is 80.5 Å². The highest BCUT2D eigenvalue weighted by Gasteiger charge is 2.31. The van der Waals surface area contributed by atoms with E-state index in [-0.39, 0.29) is 6.61 Å². The summed E-state index contributed by atoms with van der Waals surface area (Å²) < 4.78 is 93.7. The van der Waals surface area contributed by atoms with Crippen molar-refractivity contribution in [2.24, 2.45) is 5.92 Å². The molecule has 0 aliphatic carbocycles. The minimum atomic E-state index is -1.19. The van der Waals surface area contributed by atoms with E-state index in [2.05, 4.69) is 26.2 Å². The van der Waals surface area contributed by atoms with Crippen molar-refractivity contribution in [3.8, 4) is 0 Å². The number of ether oxygens (including phenoxy) is 17. The summed E-state index contributed by atoms with van der Waals surface area (Å²) >= 11 is 0. The Morgan fingerprint density at radius 2 is 0.846 bits per heavy atom. The molecule has 5 amide bonds. The minimum Gasteiger partial charge on any atom is -0.382 e. The van der Waals surface area contributed by atoms with Crippen molar-refractivity contribution in [1.82, 2.24) is 25.8 Å². The van der Waals surface area contributed by atoms with Crippen molar-refractivity contribution < 1.29 is 110 Å². The van der Waals surface area contributed by atoms with E-state index in [1.807, 2.05) is 12.1 Å². The molecule has 1 heterocycles. The zero-order chi connectivity index (χ0) is 66.0. The van der Waals surface area contributed by atoms with Crippen molar-refractivity contribution >= 4 is 35.2 Å². The van der Waals surface area contributed by atoms with Crippen LogP contribution in [0.25, 0.3) is 0 Å². The number of aryl methyl sites for hydroxylation is 1. The third-order valence-electron chi connectivity index (χ3n) is 13.1. The second kappa shape index (κ2) is 58.3. The third-order valence-corrected chi connectivity index (χ3v) is 13.1. The fourth-order valence-corrected chi connectivity index (χ4v) is 8.17. The molecule has 29 nitrogen and oxygen atoms in total. The molecule has 2 rings (SSSR count). The minimum absolute atomic E-state index is 0.0947. The lowest BCUT2D eigenvalue weighted by molar-refractivity contribution is -0.141. The number of aliphatic hydroxyl groups is 1. The van der Waals surface area contributed by atoms with Gasteiger partial charge in [-0.05, 0) is 75.4 Å². The van der Waals surface area contributed by atoms with Crippen LogP contribution >= 0.6 is 0 Å². The molecule has 1 unspecified atom stereocenters. The predicted octanol–water partition coefficient (Wildman–Crippen LogP) is 0.747. The van der Waals surface area contributed by atoms with Gasteiger partial charge in [-0.2, -0.15) is 0 Å². The summed E-state index contributed by atoms with van der Waals surface area (Å²) in [6, 6.07) is 3.33. The van der Waals surface area contributed by atoms with Crippen LogP contribution in [0.5, 0.6) is 0 Å². The van der Waals surface area contributed by atoms with Gasteiger partial charge in [0.05, 0.1) is 192 Å². The molecule has 3 atom stereocenters. The summed E-state index contributed by atoms with van der Waals surface area (Å²) in [5.74, 6) is -3.45. The van der Waals surface area contributed by atoms with Gasteiger partial charge in [-0.25, -0.2) is 0 Å². The van der Waals surface area contributed by atoms with E-state index < -0.39 is 60.5 Å². The number of aliphatic hydroxyl groups excluding tert-OH is 1. The zero-order valence-corrected chi connectivity index (χ0v) is 55.1. The van der Waals surface area contributed by atoms with Crippen LogP contribution in [0.4, 0.5) is 5.69 Å². The molecule has 526 valence electrons. The molecular formula is C62H110N6O23. The zero-order valence-electron chi connectivity index (χ0n) is 55.1. The van der Waals surface area contributed by atoms with Gasteiger partial charge in [-0.3, -0.25) is 34.2 Å². The van der Waals surface area contributed by atoms with Gasteiger partial charge in [0.1, 0.15) is 18.6 Å². The summed E-state index contributed by atoms with van der Waals surface area (Å²) in [5.41, 5.74) is 2.19.